The van der Waals surface area contributed by atoms with Crippen molar-refractivity contribution in [1.82, 2.24) is 4.98 Å². The van der Waals surface area contributed by atoms with Crippen LogP contribution < -0.4 is 5.32 Å². The SMILES string of the molecule is Cc1cc(Br)ccc1NC(=O)c1ncsc1C. The number of aromatic nitrogens is 1. The molecule has 0 aliphatic heterocycles. The van der Waals surface area contributed by atoms with Gasteiger partial charge >= 0.3 is 0 Å². The molecule has 1 N–H and O–H groups in total. The Morgan fingerprint density at radius 3 is 2.76 bits per heavy atom. The number of amides is 1. The van der Waals surface area contributed by atoms with Crippen LogP contribution in [0.15, 0.2) is 28.2 Å². The summed E-state index contributed by atoms with van der Waals surface area (Å²) in [6.45, 7) is 3.84. The smallest absolute Gasteiger partial charge is 0.275 e. The van der Waals surface area contributed by atoms with Gasteiger partial charge in [0.2, 0.25) is 0 Å². The van der Waals surface area contributed by atoms with Gasteiger partial charge < -0.3 is 5.32 Å². The van der Waals surface area contributed by atoms with Crippen LogP contribution in [0.2, 0.25) is 0 Å². The molecule has 3 nitrogen and oxygen atoms in total. The van der Waals surface area contributed by atoms with Crippen LogP contribution in [-0.2, 0) is 0 Å². The van der Waals surface area contributed by atoms with Gasteiger partial charge in [-0.05, 0) is 37.6 Å². The number of nitrogens with one attached hydrogen (secondary N) is 1. The Labute approximate surface area is 112 Å². The molecule has 1 amide bonds. The number of hydrogen-bond acceptors (Lipinski definition) is 3. The highest BCUT2D eigenvalue weighted by Gasteiger charge is 2.12. The highest BCUT2D eigenvalue weighted by atomic mass is 79.9. The molecular formula is C12H11BrN2OS. The van der Waals surface area contributed by atoms with Crippen molar-refractivity contribution in [1.29, 1.82) is 0 Å². The van der Waals surface area contributed by atoms with E-state index in [-0.39, 0.29) is 5.91 Å². The number of aryl methyl sites for hydroxylation is 2. The fraction of sp³-hybridized carbons (Fsp3) is 0.167. The lowest BCUT2D eigenvalue weighted by Crippen LogP contribution is -2.14. The van der Waals surface area contributed by atoms with Gasteiger partial charge in [0, 0.05) is 15.0 Å². The highest BCUT2D eigenvalue weighted by molar-refractivity contribution is 9.10. The number of carbonyl (C=O) groups is 1. The van der Waals surface area contributed by atoms with Gasteiger partial charge in [-0.2, -0.15) is 0 Å². The molecule has 0 saturated carbocycles. The van der Waals surface area contributed by atoms with E-state index in [1.165, 1.54) is 11.3 Å². The van der Waals surface area contributed by atoms with Crippen LogP contribution in [0.5, 0.6) is 0 Å². The molecular weight excluding hydrogens is 300 g/mol. The molecule has 2 aromatic rings. The number of anilines is 1. The number of nitrogens with zero attached hydrogens (tertiary/aromatic N) is 1. The van der Waals surface area contributed by atoms with Crippen molar-refractivity contribution in [2.24, 2.45) is 0 Å². The maximum absolute atomic E-state index is 12.0. The maximum atomic E-state index is 12.0. The molecule has 2 rings (SSSR count). The predicted molar refractivity (Wildman–Crippen MR) is 73.7 cm³/mol. The summed E-state index contributed by atoms with van der Waals surface area (Å²) in [6, 6.07) is 5.74. The summed E-state index contributed by atoms with van der Waals surface area (Å²) in [7, 11) is 0. The van der Waals surface area contributed by atoms with Crippen LogP contribution in [0.25, 0.3) is 0 Å². The molecule has 5 heteroatoms. The molecule has 0 radical (unpaired) electrons. The van der Waals surface area contributed by atoms with E-state index in [1.54, 1.807) is 5.51 Å². The molecule has 0 aliphatic carbocycles. The molecule has 0 spiro atoms. The fourth-order valence-electron chi connectivity index (χ4n) is 1.47. The molecule has 0 bridgehead atoms. The first-order valence-electron chi connectivity index (χ1n) is 5.05. The molecule has 1 heterocycles. The summed E-state index contributed by atoms with van der Waals surface area (Å²) in [5, 5.41) is 2.87. The molecule has 0 unspecified atom stereocenters. The second kappa shape index (κ2) is 4.98. The molecule has 17 heavy (non-hydrogen) atoms. The summed E-state index contributed by atoms with van der Waals surface area (Å²) >= 11 is 4.86. The average molecular weight is 311 g/mol. The summed E-state index contributed by atoms with van der Waals surface area (Å²) in [5.41, 5.74) is 4.00. The van der Waals surface area contributed by atoms with Gasteiger partial charge in [-0.25, -0.2) is 4.98 Å². The van der Waals surface area contributed by atoms with Gasteiger partial charge in [-0.1, -0.05) is 15.9 Å². The molecule has 0 aliphatic rings. The zero-order chi connectivity index (χ0) is 12.4. The third-order valence-electron chi connectivity index (χ3n) is 2.40. The summed E-state index contributed by atoms with van der Waals surface area (Å²) in [6.07, 6.45) is 0. The number of halogens is 1. The first kappa shape index (κ1) is 12.3. The van der Waals surface area contributed by atoms with Crippen molar-refractivity contribution in [3.05, 3.63) is 44.3 Å². The molecule has 1 aromatic heterocycles. The maximum Gasteiger partial charge on any atom is 0.275 e. The highest BCUT2D eigenvalue weighted by Crippen LogP contribution is 2.21. The van der Waals surface area contributed by atoms with Crippen LogP contribution in [0.4, 0.5) is 5.69 Å². The lowest BCUT2D eigenvalue weighted by Gasteiger charge is -2.07. The van der Waals surface area contributed by atoms with E-state index in [9.17, 15) is 4.79 Å². The first-order chi connectivity index (χ1) is 8.08. The quantitative estimate of drug-likeness (QED) is 0.917. The van der Waals surface area contributed by atoms with Crippen LogP contribution >= 0.6 is 27.3 Å². The Morgan fingerprint density at radius 2 is 2.18 bits per heavy atom. The Balaban J connectivity index is 2.22. The van der Waals surface area contributed by atoms with Crippen molar-refractivity contribution in [2.75, 3.05) is 5.32 Å². The molecule has 0 fully saturated rings. The van der Waals surface area contributed by atoms with Crippen molar-refractivity contribution in [2.45, 2.75) is 13.8 Å². The van der Waals surface area contributed by atoms with Crippen LogP contribution in [0, 0.1) is 13.8 Å². The van der Waals surface area contributed by atoms with Crippen LogP contribution in [0.3, 0.4) is 0 Å². The molecule has 88 valence electrons. The third kappa shape index (κ3) is 2.73. The van der Waals surface area contributed by atoms with Gasteiger partial charge in [-0.3, -0.25) is 4.79 Å². The largest absolute Gasteiger partial charge is 0.320 e. The monoisotopic (exact) mass is 310 g/mol. The Kier molecular flexibility index (Phi) is 3.59. The minimum absolute atomic E-state index is 0.158. The van der Waals surface area contributed by atoms with E-state index < -0.39 is 0 Å². The predicted octanol–water partition coefficient (Wildman–Crippen LogP) is 3.77. The van der Waals surface area contributed by atoms with Crippen LogP contribution in [0.1, 0.15) is 20.9 Å². The summed E-state index contributed by atoms with van der Waals surface area (Å²) in [5.74, 6) is -0.158. The molecule has 0 atom stereocenters. The van der Waals surface area contributed by atoms with Gasteiger partial charge in [0.05, 0.1) is 5.51 Å². The van der Waals surface area contributed by atoms with Gasteiger partial charge in [-0.15, -0.1) is 11.3 Å². The summed E-state index contributed by atoms with van der Waals surface area (Å²) in [4.78, 5) is 16.9. The van der Waals surface area contributed by atoms with Crippen molar-refractivity contribution in [3.8, 4) is 0 Å². The van der Waals surface area contributed by atoms with Crippen LogP contribution in [-0.4, -0.2) is 10.9 Å². The molecule has 0 saturated heterocycles. The normalized spacial score (nSPS) is 10.3. The Bertz CT molecular complexity index is 565. The van der Waals surface area contributed by atoms with Gasteiger partial charge in [0.15, 0.2) is 0 Å². The van der Waals surface area contributed by atoms with Gasteiger partial charge in [0.25, 0.3) is 5.91 Å². The Hall–Kier alpha value is -1.20. The van der Waals surface area contributed by atoms with E-state index >= 15 is 0 Å². The number of benzene rings is 1. The lowest BCUT2D eigenvalue weighted by atomic mass is 10.2. The molecule has 1 aromatic carbocycles. The average Bonchev–Trinajstić information content (AvgIpc) is 2.68. The van der Waals surface area contributed by atoms with Crippen molar-refractivity contribution in [3.63, 3.8) is 0 Å². The second-order valence-corrected chi connectivity index (χ2v) is 5.65. The zero-order valence-electron chi connectivity index (χ0n) is 9.45. The van der Waals surface area contributed by atoms with E-state index in [1.807, 2.05) is 32.0 Å². The minimum atomic E-state index is -0.158. The van der Waals surface area contributed by atoms with Crippen molar-refractivity contribution >= 4 is 38.9 Å². The minimum Gasteiger partial charge on any atom is -0.320 e. The number of carbonyl (C=O) groups excluding carboxylic acids is 1. The van der Waals surface area contributed by atoms with Gasteiger partial charge in [0.1, 0.15) is 5.69 Å². The first-order valence-corrected chi connectivity index (χ1v) is 6.73. The number of hydrogen-bond donors (Lipinski definition) is 1. The van der Waals surface area contributed by atoms with E-state index in [0.29, 0.717) is 5.69 Å². The van der Waals surface area contributed by atoms with E-state index in [4.69, 9.17) is 0 Å². The summed E-state index contributed by atoms with van der Waals surface area (Å²) < 4.78 is 0.998. The number of rotatable bonds is 2. The fourth-order valence-corrected chi connectivity index (χ4v) is 2.52. The Morgan fingerprint density at radius 1 is 1.41 bits per heavy atom. The van der Waals surface area contributed by atoms with Crippen molar-refractivity contribution < 1.29 is 4.79 Å². The standard InChI is InChI=1S/C12H11BrN2OS/c1-7-5-9(13)3-4-10(7)15-12(16)11-8(2)17-6-14-11/h3-6H,1-2H3,(H,15,16). The topological polar surface area (TPSA) is 42.0 Å². The van der Waals surface area contributed by atoms with E-state index in [2.05, 4.69) is 26.2 Å². The zero-order valence-corrected chi connectivity index (χ0v) is 11.9. The third-order valence-corrected chi connectivity index (χ3v) is 3.65. The van der Waals surface area contributed by atoms with E-state index in [0.717, 1.165) is 20.6 Å². The lowest BCUT2D eigenvalue weighted by molar-refractivity contribution is 0.102. The second-order valence-electron chi connectivity index (χ2n) is 3.67. The number of thiazole rings is 1.